The fraction of sp³-hybridized carbons (Fsp3) is 0.208. The van der Waals surface area contributed by atoms with Gasteiger partial charge in [0.05, 0.1) is 5.56 Å². The van der Waals surface area contributed by atoms with Crippen LogP contribution in [-0.4, -0.2) is 46.9 Å². The number of fused-ring (bicyclic) bond motifs is 1. The molecule has 0 radical (unpaired) electrons. The molecule has 0 spiro atoms. The van der Waals surface area contributed by atoms with Gasteiger partial charge in [0.15, 0.2) is 0 Å². The summed E-state index contributed by atoms with van der Waals surface area (Å²) in [5.41, 5.74) is 9.56. The Hall–Kier alpha value is -3.71. The van der Waals surface area contributed by atoms with E-state index in [0.29, 0.717) is 11.3 Å². The average Bonchev–Trinajstić information content (AvgIpc) is 3.05. The Labute approximate surface area is 180 Å². The average molecular weight is 412 g/mol. The van der Waals surface area contributed by atoms with E-state index >= 15 is 0 Å². The molecule has 1 aliphatic heterocycles. The highest BCUT2D eigenvalue weighted by molar-refractivity contribution is 6.11. The molecule has 7 nitrogen and oxygen atoms in total. The van der Waals surface area contributed by atoms with Crippen LogP contribution in [0.3, 0.4) is 0 Å². The molecule has 1 saturated heterocycles. The maximum absolute atomic E-state index is 13.3. The van der Waals surface area contributed by atoms with Gasteiger partial charge in [0.2, 0.25) is 5.78 Å². The van der Waals surface area contributed by atoms with Gasteiger partial charge in [0.1, 0.15) is 17.3 Å². The molecule has 0 amide bonds. The van der Waals surface area contributed by atoms with Crippen LogP contribution in [0.2, 0.25) is 0 Å². The van der Waals surface area contributed by atoms with E-state index in [4.69, 9.17) is 5.73 Å². The van der Waals surface area contributed by atoms with E-state index in [-0.39, 0.29) is 11.6 Å². The number of aromatic nitrogens is 3. The molecular formula is C24H24N6O. The number of nitrogens with zero attached hydrogens (tertiary/aromatic N) is 3. The molecular weight excluding hydrogens is 388 g/mol. The van der Waals surface area contributed by atoms with E-state index < -0.39 is 0 Å². The predicted octanol–water partition coefficient (Wildman–Crippen LogP) is 3.24. The molecule has 0 bridgehead atoms. The van der Waals surface area contributed by atoms with Crippen LogP contribution in [0.15, 0.2) is 60.8 Å². The molecule has 0 saturated carbocycles. The number of anilines is 2. The third-order valence-electron chi connectivity index (χ3n) is 5.64. The van der Waals surface area contributed by atoms with Crippen molar-refractivity contribution in [3.63, 3.8) is 0 Å². The lowest BCUT2D eigenvalue weighted by atomic mass is 10.0. The van der Waals surface area contributed by atoms with Gasteiger partial charge in [-0.15, -0.1) is 0 Å². The maximum atomic E-state index is 13.3. The molecule has 4 heterocycles. The fourth-order valence-electron chi connectivity index (χ4n) is 3.97. The highest BCUT2D eigenvalue weighted by Gasteiger charge is 2.19. The first-order valence-corrected chi connectivity index (χ1v) is 10.5. The standard InChI is InChI=1S/C24H24N6O/c25-24-18(13-17(15-27-24)21-14-16-5-1-2-6-19(16)28-21)23(31)20-7-3-8-22(29-20)30-11-4-9-26-10-12-30/h1-3,5-8,13-15,26,28H,4,9-12H2,(H2,25,27). The van der Waals surface area contributed by atoms with Gasteiger partial charge in [0.25, 0.3) is 0 Å². The SMILES string of the molecule is Nc1ncc(-c2cc3ccccc3[nH]2)cc1C(=O)c1cccc(N2CCCNCC2)n1. The molecule has 5 rings (SSSR count). The zero-order valence-electron chi connectivity index (χ0n) is 17.1. The largest absolute Gasteiger partial charge is 0.383 e. The second-order valence-electron chi connectivity index (χ2n) is 7.73. The number of ketones is 1. The fourth-order valence-corrected chi connectivity index (χ4v) is 3.97. The van der Waals surface area contributed by atoms with Crippen LogP contribution in [0, 0.1) is 0 Å². The molecule has 1 aliphatic rings. The number of para-hydroxylation sites is 1. The van der Waals surface area contributed by atoms with Gasteiger partial charge in [-0.25, -0.2) is 9.97 Å². The number of nitrogen functional groups attached to an aromatic ring is 1. The van der Waals surface area contributed by atoms with Crippen LogP contribution in [0.5, 0.6) is 0 Å². The van der Waals surface area contributed by atoms with Crippen molar-refractivity contribution in [2.45, 2.75) is 6.42 Å². The van der Waals surface area contributed by atoms with Crippen molar-refractivity contribution in [1.82, 2.24) is 20.3 Å². The zero-order valence-corrected chi connectivity index (χ0v) is 17.1. The van der Waals surface area contributed by atoms with Gasteiger partial charge < -0.3 is 20.9 Å². The minimum Gasteiger partial charge on any atom is -0.383 e. The Kier molecular flexibility index (Phi) is 5.09. The lowest BCUT2D eigenvalue weighted by molar-refractivity contribution is 0.103. The normalized spacial score (nSPS) is 14.5. The van der Waals surface area contributed by atoms with Gasteiger partial charge in [-0.1, -0.05) is 24.3 Å². The number of H-pyrrole nitrogens is 1. The van der Waals surface area contributed by atoms with Crippen LogP contribution >= 0.6 is 0 Å². The van der Waals surface area contributed by atoms with Crippen molar-refractivity contribution in [2.24, 2.45) is 0 Å². The quantitative estimate of drug-likeness (QED) is 0.445. The summed E-state index contributed by atoms with van der Waals surface area (Å²) >= 11 is 0. The monoisotopic (exact) mass is 412 g/mol. The van der Waals surface area contributed by atoms with Crippen LogP contribution in [0.4, 0.5) is 11.6 Å². The van der Waals surface area contributed by atoms with Crippen molar-refractivity contribution in [3.8, 4) is 11.3 Å². The van der Waals surface area contributed by atoms with Crippen molar-refractivity contribution in [3.05, 3.63) is 72.1 Å². The minimum atomic E-state index is -0.224. The molecule has 4 aromatic rings. The highest BCUT2D eigenvalue weighted by atomic mass is 16.1. The molecule has 0 atom stereocenters. The number of benzene rings is 1. The number of nitrogens with two attached hydrogens (primary N) is 1. The van der Waals surface area contributed by atoms with E-state index in [1.807, 2.05) is 42.5 Å². The minimum absolute atomic E-state index is 0.205. The van der Waals surface area contributed by atoms with E-state index in [9.17, 15) is 4.79 Å². The first kappa shape index (κ1) is 19.3. The summed E-state index contributed by atoms with van der Waals surface area (Å²) in [7, 11) is 0. The number of hydrogen-bond acceptors (Lipinski definition) is 6. The lowest BCUT2D eigenvalue weighted by Crippen LogP contribution is -2.29. The van der Waals surface area contributed by atoms with Crippen LogP contribution in [0.1, 0.15) is 22.5 Å². The Morgan fingerprint density at radius 1 is 1.03 bits per heavy atom. The lowest BCUT2D eigenvalue weighted by Gasteiger charge is -2.21. The summed E-state index contributed by atoms with van der Waals surface area (Å²) < 4.78 is 0. The van der Waals surface area contributed by atoms with Gasteiger partial charge in [-0.3, -0.25) is 4.79 Å². The predicted molar refractivity (Wildman–Crippen MR) is 123 cm³/mol. The third-order valence-corrected chi connectivity index (χ3v) is 5.64. The first-order valence-electron chi connectivity index (χ1n) is 10.5. The summed E-state index contributed by atoms with van der Waals surface area (Å²) in [5, 5.41) is 4.49. The molecule has 4 N–H and O–H groups in total. The summed E-state index contributed by atoms with van der Waals surface area (Å²) in [6.07, 6.45) is 2.73. The van der Waals surface area contributed by atoms with Crippen LogP contribution in [-0.2, 0) is 0 Å². The number of carbonyl (C=O) groups excluding carboxylic acids is 1. The second kappa shape index (κ2) is 8.20. The number of carbonyl (C=O) groups is 1. The maximum Gasteiger partial charge on any atom is 0.215 e. The Bertz CT molecular complexity index is 1210. The number of aromatic amines is 1. The number of hydrogen-bond donors (Lipinski definition) is 3. The van der Waals surface area contributed by atoms with E-state index in [1.54, 1.807) is 18.3 Å². The van der Waals surface area contributed by atoms with Crippen LogP contribution < -0.4 is 16.0 Å². The Balaban J connectivity index is 1.48. The molecule has 3 aromatic heterocycles. The first-order chi connectivity index (χ1) is 15.2. The third kappa shape index (κ3) is 3.87. The number of nitrogens with one attached hydrogen (secondary N) is 2. The molecule has 1 aromatic carbocycles. The highest BCUT2D eigenvalue weighted by Crippen LogP contribution is 2.27. The Morgan fingerprint density at radius 3 is 2.84 bits per heavy atom. The van der Waals surface area contributed by atoms with Crippen molar-refractivity contribution in [1.29, 1.82) is 0 Å². The van der Waals surface area contributed by atoms with Gasteiger partial charge in [-0.2, -0.15) is 0 Å². The van der Waals surface area contributed by atoms with E-state index in [1.165, 1.54) is 0 Å². The van der Waals surface area contributed by atoms with E-state index in [0.717, 1.165) is 60.6 Å². The summed E-state index contributed by atoms with van der Waals surface area (Å²) in [6.45, 7) is 3.68. The van der Waals surface area contributed by atoms with Gasteiger partial charge in [0, 0.05) is 48.0 Å². The Morgan fingerprint density at radius 2 is 1.94 bits per heavy atom. The number of rotatable bonds is 4. The summed E-state index contributed by atoms with van der Waals surface area (Å²) in [5.74, 6) is 0.793. The smallest absolute Gasteiger partial charge is 0.215 e. The summed E-state index contributed by atoms with van der Waals surface area (Å²) in [6, 6.07) is 17.4. The van der Waals surface area contributed by atoms with Gasteiger partial charge in [-0.05, 0) is 43.3 Å². The van der Waals surface area contributed by atoms with Crippen LogP contribution in [0.25, 0.3) is 22.2 Å². The van der Waals surface area contributed by atoms with Gasteiger partial charge >= 0.3 is 0 Å². The molecule has 31 heavy (non-hydrogen) atoms. The van der Waals surface area contributed by atoms with Crippen molar-refractivity contribution in [2.75, 3.05) is 36.8 Å². The van der Waals surface area contributed by atoms with Crippen molar-refractivity contribution < 1.29 is 4.79 Å². The molecule has 156 valence electrons. The topological polar surface area (TPSA) is 99.9 Å². The molecule has 7 heteroatoms. The second-order valence-corrected chi connectivity index (χ2v) is 7.73. The molecule has 0 unspecified atom stereocenters. The number of pyridine rings is 2. The zero-order chi connectivity index (χ0) is 21.2. The summed E-state index contributed by atoms with van der Waals surface area (Å²) in [4.78, 5) is 27.8. The van der Waals surface area contributed by atoms with E-state index in [2.05, 4.69) is 25.2 Å². The van der Waals surface area contributed by atoms with Crippen molar-refractivity contribution >= 4 is 28.3 Å². The molecule has 1 fully saturated rings. The molecule has 0 aliphatic carbocycles.